The Kier molecular flexibility index (Phi) is 3.04. The lowest BCUT2D eigenvalue weighted by Crippen LogP contribution is -2.27. The van der Waals surface area contributed by atoms with E-state index in [0.29, 0.717) is 16.9 Å². The number of hydrogen-bond donors (Lipinski definition) is 3. The van der Waals surface area contributed by atoms with Gasteiger partial charge in [-0.15, -0.1) is 0 Å². The van der Waals surface area contributed by atoms with Crippen LogP contribution in [0.3, 0.4) is 0 Å². The first kappa shape index (κ1) is 14.9. The molecular formula is C16H19N3O3. The van der Waals surface area contributed by atoms with E-state index in [9.17, 15) is 15.3 Å². The van der Waals surface area contributed by atoms with Crippen LogP contribution in [0.25, 0.3) is 16.6 Å². The van der Waals surface area contributed by atoms with Crippen LogP contribution in [-0.4, -0.2) is 29.7 Å². The fourth-order valence-corrected chi connectivity index (χ4v) is 2.56. The lowest BCUT2D eigenvalue weighted by molar-refractivity contribution is -0.326. The Morgan fingerprint density at radius 2 is 1.77 bits per heavy atom. The average Bonchev–Trinajstić information content (AvgIpc) is 2.77. The predicted molar refractivity (Wildman–Crippen MR) is 82.3 cm³/mol. The van der Waals surface area contributed by atoms with Crippen LogP contribution < -0.4 is 0 Å². The highest BCUT2D eigenvalue weighted by Gasteiger charge is 2.28. The molecule has 0 atom stereocenters. The van der Waals surface area contributed by atoms with Crippen molar-refractivity contribution in [3.8, 4) is 0 Å². The van der Waals surface area contributed by atoms with Crippen molar-refractivity contribution in [2.75, 3.05) is 0 Å². The largest absolute Gasteiger partial charge is 0.339 e. The third-order valence-electron chi connectivity index (χ3n) is 3.73. The van der Waals surface area contributed by atoms with Gasteiger partial charge in [-0.3, -0.25) is 9.38 Å². The normalized spacial score (nSPS) is 13.2. The molecule has 3 rings (SSSR count). The molecule has 0 unspecified atom stereocenters. The van der Waals surface area contributed by atoms with Crippen LogP contribution >= 0.6 is 0 Å². The van der Waals surface area contributed by atoms with Gasteiger partial charge in [-0.25, -0.2) is 4.98 Å². The van der Waals surface area contributed by atoms with E-state index < -0.39 is 5.97 Å². The lowest BCUT2D eigenvalue weighted by atomic mass is 9.91. The number of aryl methyl sites for hydroxylation is 1. The lowest BCUT2D eigenvalue weighted by Gasteiger charge is -2.20. The Hall–Kier alpha value is -2.02. The van der Waals surface area contributed by atoms with Crippen molar-refractivity contribution in [2.24, 2.45) is 0 Å². The molecule has 6 nitrogen and oxygen atoms in total. The third-order valence-corrected chi connectivity index (χ3v) is 3.73. The number of aliphatic hydroxyl groups is 3. The van der Waals surface area contributed by atoms with E-state index >= 15 is 0 Å². The van der Waals surface area contributed by atoms with Gasteiger partial charge in [-0.2, -0.15) is 0 Å². The zero-order valence-corrected chi connectivity index (χ0v) is 13.0. The number of fused-ring (bicyclic) bond motifs is 3. The summed E-state index contributed by atoms with van der Waals surface area (Å²) in [4.78, 5) is 8.90. The van der Waals surface area contributed by atoms with Crippen LogP contribution in [0.15, 0.2) is 24.4 Å². The average molecular weight is 301 g/mol. The molecule has 0 saturated carbocycles. The molecular weight excluding hydrogens is 282 g/mol. The van der Waals surface area contributed by atoms with Gasteiger partial charge in [0.15, 0.2) is 0 Å². The van der Waals surface area contributed by atoms with Gasteiger partial charge in [0.1, 0.15) is 11.3 Å². The molecule has 0 fully saturated rings. The van der Waals surface area contributed by atoms with E-state index in [1.54, 1.807) is 13.1 Å². The Bertz CT molecular complexity index is 870. The number of aromatic nitrogens is 3. The molecule has 0 radical (unpaired) electrons. The van der Waals surface area contributed by atoms with Gasteiger partial charge in [0.05, 0.1) is 5.52 Å². The highest BCUT2D eigenvalue weighted by Crippen LogP contribution is 2.29. The summed E-state index contributed by atoms with van der Waals surface area (Å²) in [7, 11) is 0. The molecule has 0 aromatic carbocycles. The van der Waals surface area contributed by atoms with E-state index in [2.05, 4.69) is 30.7 Å². The molecule has 0 aliphatic rings. The van der Waals surface area contributed by atoms with Crippen LogP contribution in [0.1, 0.15) is 37.9 Å². The maximum atomic E-state index is 9.65. The maximum Gasteiger partial charge on any atom is 0.320 e. The van der Waals surface area contributed by atoms with E-state index in [0.717, 1.165) is 11.1 Å². The highest BCUT2D eigenvalue weighted by molar-refractivity contribution is 5.92. The van der Waals surface area contributed by atoms with Crippen molar-refractivity contribution in [2.45, 2.75) is 39.1 Å². The summed E-state index contributed by atoms with van der Waals surface area (Å²) in [5, 5.41) is 29.7. The highest BCUT2D eigenvalue weighted by atomic mass is 16.7. The fraction of sp³-hybridized carbons (Fsp3) is 0.375. The van der Waals surface area contributed by atoms with Gasteiger partial charge < -0.3 is 15.3 Å². The van der Waals surface area contributed by atoms with E-state index in [1.807, 2.05) is 12.1 Å². The minimum absolute atomic E-state index is 0.0800. The van der Waals surface area contributed by atoms with Gasteiger partial charge in [0.25, 0.3) is 0 Å². The van der Waals surface area contributed by atoms with Crippen molar-refractivity contribution in [3.63, 3.8) is 0 Å². The summed E-state index contributed by atoms with van der Waals surface area (Å²) in [6.45, 7) is 7.93. The third kappa shape index (κ3) is 2.25. The number of pyridine rings is 2. The predicted octanol–water partition coefficient (Wildman–Crippen LogP) is 1.58. The van der Waals surface area contributed by atoms with Crippen molar-refractivity contribution in [1.82, 2.24) is 14.4 Å². The molecule has 6 heteroatoms. The van der Waals surface area contributed by atoms with Gasteiger partial charge in [0, 0.05) is 28.4 Å². The molecule has 3 aromatic heterocycles. The quantitative estimate of drug-likeness (QED) is 0.594. The van der Waals surface area contributed by atoms with Crippen LogP contribution in [0.5, 0.6) is 0 Å². The van der Waals surface area contributed by atoms with Crippen LogP contribution in [-0.2, 0) is 11.4 Å². The molecule has 0 aliphatic heterocycles. The Balaban J connectivity index is 2.44. The number of nitrogens with zero attached hydrogens (tertiary/aromatic N) is 3. The molecule has 3 heterocycles. The van der Waals surface area contributed by atoms with Crippen LogP contribution in [0, 0.1) is 6.92 Å². The second-order valence-electron chi connectivity index (χ2n) is 6.60. The summed E-state index contributed by atoms with van der Waals surface area (Å²) in [6, 6.07) is 5.34. The summed E-state index contributed by atoms with van der Waals surface area (Å²) >= 11 is 0. The van der Waals surface area contributed by atoms with Crippen molar-refractivity contribution < 1.29 is 15.3 Å². The topological polar surface area (TPSA) is 90.9 Å². The van der Waals surface area contributed by atoms with Crippen molar-refractivity contribution in [1.29, 1.82) is 0 Å². The minimum Gasteiger partial charge on any atom is -0.339 e. The molecule has 3 N–H and O–H groups in total. The molecule has 0 amide bonds. The monoisotopic (exact) mass is 301 g/mol. The van der Waals surface area contributed by atoms with Gasteiger partial charge >= 0.3 is 5.97 Å². The Morgan fingerprint density at radius 3 is 2.36 bits per heavy atom. The number of hydrogen-bond acceptors (Lipinski definition) is 5. The first-order chi connectivity index (χ1) is 10.1. The molecule has 22 heavy (non-hydrogen) atoms. The summed E-state index contributed by atoms with van der Waals surface area (Å²) in [5.74, 6) is -2.96. The summed E-state index contributed by atoms with van der Waals surface area (Å²) in [6.07, 6.45) is 1.61. The second-order valence-corrected chi connectivity index (χ2v) is 6.60. The van der Waals surface area contributed by atoms with E-state index in [1.165, 1.54) is 10.5 Å². The molecule has 116 valence electrons. The SMILES string of the molecule is Cc1cnc2c3ccc(C(C)(C)C)nc3cc(C(O)(O)O)n12. The van der Waals surface area contributed by atoms with Crippen molar-refractivity contribution >= 4 is 16.6 Å². The first-order valence-electron chi connectivity index (χ1n) is 7.05. The van der Waals surface area contributed by atoms with Crippen molar-refractivity contribution in [3.05, 3.63) is 41.5 Å². The number of imidazole rings is 1. The first-order valence-corrected chi connectivity index (χ1v) is 7.05. The standard InChI is InChI=1S/C16H19N3O3/c1-9-8-17-14-10-5-6-12(15(2,3)4)18-11(10)7-13(19(9)14)16(20,21)22/h5-8,20-22H,1-4H3. The summed E-state index contributed by atoms with van der Waals surface area (Å²) in [5.41, 5.74) is 2.43. The second kappa shape index (κ2) is 4.49. The maximum absolute atomic E-state index is 9.65. The van der Waals surface area contributed by atoms with Crippen LogP contribution in [0.2, 0.25) is 0 Å². The molecule has 3 aromatic rings. The smallest absolute Gasteiger partial charge is 0.320 e. The fourth-order valence-electron chi connectivity index (χ4n) is 2.56. The molecule has 0 bridgehead atoms. The van der Waals surface area contributed by atoms with Gasteiger partial charge in [-0.1, -0.05) is 20.8 Å². The van der Waals surface area contributed by atoms with Gasteiger partial charge in [0.2, 0.25) is 0 Å². The Labute approximate surface area is 127 Å². The van der Waals surface area contributed by atoms with E-state index in [-0.39, 0.29) is 11.1 Å². The minimum atomic E-state index is -2.96. The van der Waals surface area contributed by atoms with E-state index in [4.69, 9.17) is 0 Å². The number of rotatable bonds is 1. The molecule has 0 aliphatic carbocycles. The summed E-state index contributed by atoms with van der Waals surface area (Å²) < 4.78 is 1.51. The zero-order chi connectivity index (χ0) is 16.3. The Morgan fingerprint density at radius 1 is 1.09 bits per heavy atom. The molecule has 0 spiro atoms. The molecule has 0 saturated heterocycles. The van der Waals surface area contributed by atoms with Crippen LogP contribution in [0.4, 0.5) is 0 Å². The van der Waals surface area contributed by atoms with Gasteiger partial charge in [-0.05, 0) is 25.1 Å². The zero-order valence-electron chi connectivity index (χ0n) is 13.0.